The minimum Gasteiger partial charge on any atom is -0.382 e. The molecule has 0 atom stereocenters. The fourth-order valence-corrected chi connectivity index (χ4v) is 1.46. The lowest BCUT2D eigenvalue weighted by Crippen LogP contribution is -2.35. The molecule has 18 heavy (non-hydrogen) atoms. The summed E-state index contributed by atoms with van der Waals surface area (Å²) in [4.78, 5) is 4.18. The second-order valence-electron chi connectivity index (χ2n) is 5.29. The van der Waals surface area contributed by atoms with Crippen molar-refractivity contribution in [3.63, 3.8) is 0 Å². The maximum atomic E-state index is 5.45. The summed E-state index contributed by atoms with van der Waals surface area (Å²) in [5.41, 5.74) is 1.30. The third-order valence-corrected chi connectivity index (χ3v) is 2.51. The van der Waals surface area contributed by atoms with Gasteiger partial charge in [0, 0.05) is 31.9 Å². The minimum absolute atomic E-state index is 0.115. The summed E-state index contributed by atoms with van der Waals surface area (Å²) in [6.45, 7) is 10.1. The van der Waals surface area contributed by atoms with Gasteiger partial charge < -0.3 is 19.4 Å². The summed E-state index contributed by atoms with van der Waals surface area (Å²) in [5, 5.41) is 3.45. The Labute approximate surface area is 109 Å². The molecule has 1 rings (SSSR count). The number of methoxy groups -OCH3 is 1. The lowest BCUT2D eigenvalue weighted by Gasteiger charge is -2.21. The fourth-order valence-electron chi connectivity index (χ4n) is 1.46. The number of aromatic nitrogens is 2. The van der Waals surface area contributed by atoms with Gasteiger partial charge in [0.25, 0.3) is 0 Å². The molecule has 0 bridgehead atoms. The predicted molar refractivity (Wildman–Crippen MR) is 71.5 cm³/mol. The summed E-state index contributed by atoms with van der Waals surface area (Å²) in [5.74, 6) is 0. The normalized spacial score (nSPS) is 12.0. The molecule has 0 aromatic carbocycles. The molecule has 0 fully saturated rings. The van der Waals surface area contributed by atoms with Gasteiger partial charge in [-0.25, -0.2) is 4.98 Å². The van der Waals surface area contributed by atoms with Crippen LogP contribution in [0.1, 0.15) is 26.5 Å². The van der Waals surface area contributed by atoms with Crippen LogP contribution in [0.4, 0.5) is 0 Å². The average Bonchev–Trinajstić information content (AvgIpc) is 2.73. The van der Waals surface area contributed by atoms with Gasteiger partial charge in [0.15, 0.2) is 0 Å². The van der Waals surface area contributed by atoms with Gasteiger partial charge in [-0.2, -0.15) is 0 Å². The van der Waals surface area contributed by atoms with Crippen LogP contribution in [0, 0.1) is 0 Å². The number of ether oxygens (including phenoxy) is 2. The Hall–Kier alpha value is -0.910. The van der Waals surface area contributed by atoms with Crippen molar-refractivity contribution in [1.82, 2.24) is 14.9 Å². The fraction of sp³-hybridized carbons (Fsp3) is 0.769. The zero-order valence-electron chi connectivity index (χ0n) is 11.9. The monoisotopic (exact) mass is 255 g/mol. The first-order valence-corrected chi connectivity index (χ1v) is 6.33. The van der Waals surface area contributed by atoms with Gasteiger partial charge in [-0.05, 0) is 20.8 Å². The van der Waals surface area contributed by atoms with Crippen molar-refractivity contribution in [1.29, 1.82) is 0 Å². The van der Waals surface area contributed by atoms with Crippen molar-refractivity contribution in [2.75, 3.05) is 26.9 Å². The number of nitrogens with one attached hydrogen (secondary N) is 1. The molecule has 1 heterocycles. The molecule has 0 saturated heterocycles. The third-order valence-electron chi connectivity index (χ3n) is 2.51. The first kappa shape index (κ1) is 15.1. The van der Waals surface area contributed by atoms with E-state index in [1.165, 1.54) is 5.69 Å². The maximum absolute atomic E-state index is 5.45. The third kappa shape index (κ3) is 6.14. The molecule has 1 N–H and O–H groups in total. The molecule has 5 nitrogen and oxygen atoms in total. The molecule has 0 unspecified atom stereocenters. The summed E-state index contributed by atoms with van der Waals surface area (Å²) in [7, 11) is 1.68. The smallest absolute Gasteiger partial charge is 0.0949 e. The van der Waals surface area contributed by atoms with Crippen molar-refractivity contribution < 1.29 is 9.47 Å². The van der Waals surface area contributed by atoms with Crippen LogP contribution in [0.15, 0.2) is 12.5 Å². The highest BCUT2D eigenvalue weighted by Gasteiger charge is 2.10. The molecule has 0 saturated carbocycles. The van der Waals surface area contributed by atoms with Gasteiger partial charge in [0.1, 0.15) is 0 Å². The Balaban J connectivity index is 2.31. The lowest BCUT2D eigenvalue weighted by atomic mass is 10.1. The number of imidazole rings is 1. The molecular weight excluding hydrogens is 230 g/mol. The second kappa shape index (κ2) is 7.51. The zero-order chi connectivity index (χ0) is 13.4. The predicted octanol–water partition coefficient (Wildman–Crippen LogP) is 1.43. The highest BCUT2D eigenvalue weighted by molar-refractivity contribution is 4.98. The van der Waals surface area contributed by atoms with Crippen LogP contribution in [0.3, 0.4) is 0 Å². The molecule has 0 aliphatic heterocycles. The molecule has 104 valence electrons. The second-order valence-corrected chi connectivity index (χ2v) is 5.29. The van der Waals surface area contributed by atoms with Crippen molar-refractivity contribution in [2.24, 2.45) is 0 Å². The molecule has 0 aliphatic carbocycles. The van der Waals surface area contributed by atoms with Gasteiger partial charge >= 0.3 is 0 Å². The van der Waals surface area contributed by atoms with E-state index in [-0.39, 0.29) is 5.54 Å². The van der Waals surface area contributed by atoms with Crippen LogP contribution in [0.2, 0.25) is 0 Å². The summed E-state index contributed by atoms with van der Waals surface area (Å²) in [6, 6.07) is 0. The zero-order valence-corrected chi connectivity index (χ0v) is 11.9. The first-order valence-electron chi connectivity index (χ1n) is 6.33. The van der Waals surface area contributed by atoms with Crippen LogP contribution < -0.4 is 5.32 Å². The summed E-state index contributed by atoms with van der Waals surface area (Å²) < 4.78 is 12.5. The molecule has 0 aliphatic rings. The van der Waals surface area contributed by atoms with E-state index < -0.39 is 0 Å². The highest BCUT2D eigenvalue weighted by atomic mass is 16.5. The van der Waals surface area contributed by atoms with Gasteiger partial charge in [-0.3, -0.25) is 0 Å². The van der Waals surface area contributed by atoms with E-state index >= 15 is 0 Å². The number of hydrogen-bond donors (Lipinski definition) is 1. The van der Waals surface area contributed by atoms with Gasteiger partial charge in [-0.15, -0.1) is 0 Å². The van der Waals surface area contributed by atoms with Crippen LogP contribution in [-0.4, -0.2) is 42.0 Å². The SMILES string of the molecule is COCCOCCn1cncc1CNC(C)(C)C. The van der Waals surface area contributed by atoms with E-state index in [0.29, 0.717) is 19.8 Å². The van der Waals surface area contributed by atoms with Crippen LogP contribution in [0.5, 0.6) is 0 Å². The Morgan fingerprint density at radius 1 is 1.28 bits per heavy atom. The molecule has 0 amide bonds. The van der Waals surface area contributed by atoms with E-state index in [1.54, 1.807) is 7.11 Å². The van der Waals surface area contributed by atoms with Crippen LogP contribution >= 0.6 is 0 Å². The standard InChI is InChI=1S/C13H25N3O2/c1-13(2,3)15-10-12-9-14-11-16(12)5-6-18-8-7-17-4/h9,11,15H,5-8,10H2,1-4H3. The van der Waals surface area contributed by atoms with Crippen molar-refractivity contribution in [3.05, 3.63) is 18.2 Å². The molecule has 0 spiro atoms. The Morgan fingerprint density at radius 3 is 2.72 bits per heavy atom. The summed E-state index contributed by atoms with van der Waals surface area (Å²) in [6.07, 6.45) is 3.74. The first-order chi connectivity index (χ1) is 8.53. The molecule has 1 aromatic rings. The van der Waals surface area contributed by atoms with Crippen molar-refractivity contribution in [3.8, 4) is 0 Å². The minimum atomic E-state index is 0.115. The topological polar surface area (TPSA) is 48.3 Å². The van der Waals surface area contributed by atoms with Crippen molar-refractivity contribution in [2.45, 2.75) is 39.4 Å². The van der Waals surface area contributed by atoms with E-state index in [4.69, 9.17) is 9.47 Å². The Morgan fingerprint density at radius 2 is 2.06 bits per heavy atom. The molecule has 0 radical (unpaired) electrons. The highest BCUT2D eigenvalue weighted by Crippen LogP contribution is 2.04. The molecule has 1 aromatic heterocycles. The van der Waals surface area contributed by atoms with E-state index in [2.05, 4.69) is 35.6 Å². The van der Waals surface area contributed by atoms with Gasteiger partial charge in [0.2, 0.25) is 0 Å². The number of nitrogens with zero attached hydrogens (tertiary/aromatic N) is 2. The van der Waals surface area contributed by atoms with Crippen molar-refractivity contribution >= 4 is 0 Å². The maximum Gasteiger partial charge on any atom is 0.0949 e. The van der Waals surface area contributed by atoms with E-state index in [0.717, 1.165) is 13.1 Å². The van der Waals surface area contributed by atoms with Gasteiger partial charge in [-0.1, -0.05) is 0 Å². The van der Waals surface area contributed by atoms with Crippen LogP contribution in [-0.2, 0) is 22.6 Å². The largest absolute Gasteiger partial charge is 0.382 e. The Kier molecular flexibility index (Phi) is 6.32. The Bertz CT molecular complexity index is 331. The number of rotatable bonds is 8. The van der Waals surface area contributed by atoms with E-state index in [9.17, 15) is 0 Å². The molecular formula is C13H25N3O2. The van der Waals surface area contributed by atoms with E-state index in [1.807, 2.05) is 12.5 Å². The lowest BCUT2D eigenvalue weighted by molar-refractivity contribution is 0.0663. The average molecular weight is 255 g/mol. The number of hydrogen-bond acceptors (Lipinski definition) is 4. The van der Waals surface area contributed by atoms with Gasteiger partial charge in [0.05, 0.1) is 31.8 Å². The van der Waals surface area contributed by atoms with Crippen LogP contribution in [0.25, 0.3) is 0 Å². The molecule has 5 heteroatoms. The summed E-state index contributed by atoms with van der Waals surface area (Å²) >= 11 is 0. The quantitative estimate of drug-likeness (QED) is 0.714.